The average molecular weight is 184 g/mol. The second kappa shape index (κ2) is 5.22. The summed E-state index contributed by atoms with van der Waals surface area (Å²) in [5.41, 5.74) is 0. The molecular weight excluding hydrogens is 164 g/mol. The molecule has 1 rings (SSSR count). The van der Waals surface area contributed by atoms with Gasteiger partial charge in [0.2, 0.25) is 5.91 Å². The number of amides is 1. The van der Waals surface area contributed by atoms with Crippen molar-refractivity contribution in [1.29, 1.82) is 0 Å². The quantitative estimate of drug-likeness (QED) is 0.705. The van der Waals surface area contributed by atoms with Crippen LogP contribution in [0, 0.1) is 5.92 Å². The molecule has 1 aliphatic heterocycles. The molecule has 1 N–H and O–H groups in total. The predicted molar refractivity (Wildman–Crippen MR) is 53.5 cm³/mol. The van der Waals surface area contributed by atoms with E-state index in [1.807, 2.05) is 11.9 Å². The molecule has 13 heavy (non-hydrogen) atoms. The highest BCUT2D eigenvalue weighted by Crippen LogP contribution is 2.15. The van der Waals surface area contributed by atoms with E-state index in [1.54, 1.807) is 0 Å². The van der Waals surface area contributed by atoms with Crippen LogP contribution in [-0.4, -0.2) is 37.5 Å². The van der Waals surface area contributed by atoms with Gasteiger partial charge in [0.1, 0.15) is 0 Å². The molecule has 0 radical (unpaired) electrons. The molecule has 0 spiro atoms. The van der Waals surface area contributed by atoms with Gasteiger partial charge in [-0.1, -0.05) is 6.92 Å². The van der Waals surface area contributed by atoms with Crippen molar-refractivity contribution in [2.45, 2.75) is 26.2 Å². The number of hydrogen-bond acceptors (Lipinski definition) is 2. The van der Waals surface area contributed by atoms with Crippen LogP contribution < -0.4 is 5.32 Å². The topological polar surface area (TPSA) is 32.3 Å². The Kier molecular flexibility index (Phi) is 4.22. The van der Waals surface area contributed by atoms with Gasteiger partial charge in [-0.2, -0.15) is 0 Å². The van der Waals surface area contributed by atoms with Crippen LogP contribution in [0.25, 0.3) is 0 Å². The van der Waals surface area contributed by atoms with Crippen LogP contribution in [-0.2, 0) is 4.79 Å². The van der Waals surface area contributed by atoms with Crippen LogP contribution in [0.15, 0.2) is 0 Å². The van der Waals surface area contributed by atoms with Crippen LogP contribution in [0.2, 0.25) is 0 Å². The summed E-state index contributed by atoms with van der Waals surface area (Å²) in [6.07, 6.45) is 3.09. The molecule has 1 amide bonds. The highest BCUT2D eigenvalue weighted by Gasteiger charge is 2.19. The summed E-state index contributed by atoms with van der Waals surface area (Å²) in [6, 6.07) is 0. The van der Waals surface area contributed by atoms with E-state index in [9.17, 15) is 4.79 Å². The second-order valence-electron chi connectivity index (χ2n) is 3.94. The summed E-state index contributed by atoms with van der Waals surface area (Å²) >= 11 is 0. The van der Waals surface area contributed by atoms with Crippen molar-refractivity contribution in [3.05, 3.63) is 0 Å². The van der Waals surface area contributed by atoms with Crippen molar-refractivity contribution in [2.24, 2.45) is 5.92 Å². The third kappa shape index (κ3) is 3.35. The van der Waals surface area contributed by atoms with Crippen LogP contribution in [0.1, 0.15) is 26.2 Å². The number of likely N-dealkylation sites (tertiary alicyclic amines) is 1. The minimum absolute atomic E-state index is 0.306. The third-order valence-electron chi connectivity index (χ3n) is 2.60. The van der Waals surface area contributed by atoms with Gasteiger partial charge in [-0.25, -0.2) is 0 Å². The first kappa shape index (κ1) is 10.5. The molecule has 0 aromatic carbocycles. The van der Waals surface area contributed by atoms with E-state index < -0.39 is 0 Å². The van der Waals surface area contributed by atoms with Crippen LogP contribution in [0.3, 0.4) is 0 Å². The van der Waals surface area contributed by atoms with Crippen LogP contribution in [0.4, 0.5) is 0 Å². The number of nitrogens with zero attached hydrogens (tertiary/aromatic N) is 1. The lowest BCUT2D eigenvalue weighted by atomic mass is 10.00. The molecule has 0 aromatic heterocycles. The molecule has 3 heteroatoms. The van der Waals surface area contributed by atoms with Crippen LogP contribution >= 0.6 is 0 Å². The lowest BCUT2D eigenvalue weighted by molar-refractivity contribution is -0.132. The Labute approximate surface area is 80.5 Å². The summed E-state index contributed by atoms with van der Waals surface area (Å²) < 4.78 is 0. The highest BCUT2D eigenvalue weighted by atomic mass is 16.2. The van der Waals surface area contributed by atoms with Crippen molar-refractivity contribution < 1.29 is 4.79 Å². The molecule has 1 aliphatic rings. The van der Waals surface area contributed by atoms with Gasteiger partial charge in [0, 0.05) is 26.1 Å². The maximum atomic E-state index is 11.6. The van der Waals surface area contributed by atoms with Crippen LogP contribution in [0.5, 0.6) is 0 Å². The largest absolute Gasteiger partial charge is 0.342 e. The summed E-state index contributed by atoms with van der Waals surface area (Å²) in [7, 11) is 1.88. The lowest BCUT2D eigenvalue weighted by Gasteiger charge is -2.31. The SMILES string of the molecule is CNCCC(=O)N1CCCC(C)C1. The number of hydrogen-bond donors (Lipinski definition) is 1. The number of piperidine rings is 1. The van der Waals surface area contributed by atoms with E-state index >= 15 is 0 Å². The van der Waals surface area contributed by atoms with E-state index in [-0.39, 0.29) is 0 Å². The smallest absolute Gasteiger partial charge is 0.223 e. The third-order valence-corrected chi connectivity index (χ3v) is 2.60. The molecule has 0 aromatic rings. The standard InChI is InChI=1S/C10H20N2O/c1-9-4-3-7-12(8-9)10(13)5-6-11-2/h9,11H,3-8H2,1-2H3. The monoisotopic (exact) mass is 184 g/mol. The molecule has 3 nitrogen and oxygen atoms in total. The number of rotatable bonds is 3. The van der Waals surface area contributed by atoms with Crippen molar-refractivity contribution in [2.75, 3.05) is 26.7 Å². The van der Waals surface area contributed by atoms with Gasteiger partial charge in [-0.3, -0.25) is 4.79 Å². The van der Waals surface area contributed by atoms with Gasteiger partial charge in [-0.15, -0.1) is 0 Å². The minimum Gasteiger partial charge on any atom is -0.342 e. The molecular formula is C10H20N2O. The summed E-state index contributed by atoms with van der Waals surface area (Å²) in [5, 5.41) is 3.00. The Morgan fingerprint density at radius 3 is 3.00 bits per heavy atom. The van der Waals surface area contributed by atoms with Crippen molar-refractivity contribution in [3.63, 3.8) is 0 Å². The Morgan fingerprint density at radius 2 is 2.38 bits per heavy atom. The first-order valence-electron chi connectivity index (χ1n) is 5.16. The Morgan fingerprint density at radius 1 is 1.62 bits per heavy atom. The first-order valence-corrected chi connectivity index (χ1v) is 5.16. The zero-order valence-corrected chi connectivity index (χ0v) is 8.68. The van der Waals surface area contributed by atoms with E-state index in [4.69, 9.17) is 0 Å². The highest BCUT2D eigenvalue weighted by molar-refractivity contribution is 5.76. The molecule has 0 saturated carbocycles. The number of carbonyl (C=O) groups is 1. The summed E-state index contributed by atoms with van der Waals surface area (Å²) in [4.78, 5) is 13.6. The second-order valence-corrected chi connectivity index (χ2v) is 3.94. The predicted octanol–water partition coefficient (Wildman–Crippen LogP) is 0.854. The van der Waals surface area contributed by atoms with Gasteiger partial charge in [0.05, 0.1) is 0 Å². The number of nitrogens with one attached hydrogen (secondary N) is 1. The van der Waals surface area contributed by atoms with E-state index in [0.29, 0.717) is 18.2 Å². The van der Waals surface area contributed by atoms with Gasteiger partial charge in [0.25, 0.3) is 0 Å². The minimum atomic E-state index is 0.306. The van der Waals surface area contributed by atoms with E-state index in [0.717, 1.165) is 19.6 Å². The molecule has 76 valence electrons. The summed E-state index contributed by atoms with van der Waals surface area (Å²) in [5.74, 6) is 0.994. The fourth-order valence-electron chi connectivity index (χ4n) is 1.81. The molecule has 1 atom stereocenters. The average Bonchev–Trinajstić information content (AvgIpc) is 2.14. The van der Waals surface area contributed by atoms with Gasteiger partial charge in [0.15, 0.2) is 0 Å². The Bertz CT molecular complexity index is 170. The number of carbonyl (C=O) groups excluding carboxylic acids is 1. The maximum absolute atomic E-state index is 11.6. The van der Waals surface area contributed by atoms with Crippen molar-refractivity contribution >= 4 is 5.91 Å². The van der Waals surface area contributed by atoms with Gasteiger partial charge < -0.3 is 10.2 Å². The molecule has 0 bridgehead atoms. The van der Waals surface area contributed by atoms with Gasteiger partial charge >= 0.3 is 0 Å². The van der Waals surface area contributed by atoms with E-state index in [1.165, 1.54) is 12.8 Å². The van der Waals surface area contributed by atoms with Crippen molar-refractivity contribution in [1.82, 2.24) is 10.2 Å². The molecule has 0 aliphatic carbocycles. The fourth-order valence-corrected chi connectivity index (χ4v) is 1.81. The molecule has 1 saturated heterocycles. The Hall–Kier alpha value is -0.570. The van der Waals surface area contributed by atoms with Gasteiger partial charge in [-0.05, 0) is 25.8 Å². The zero-order chi connectivity index (χ0) is 9.68. The maximum Gasteiger partial charge on any atom is 0.223 e. The van der Waals surface area contributed by atoms with E-state index in [2.05, 4.69) is 12.2 Å². The lowest BCUT2D eigenvalue weighted by Crippen LogP contribution is -2.39. The molecule has 1 unspecified atom stereocenters. The molecule has 1 fully saturated rings. The normalized spacial score (nSPS) is 23.2. The Balaban J connectivity index is 2.28. The first-order chi connectivity index (χ1) is 6.24. The zero-order valence-electron chi connectivity index (χ0n) is 8.68. The van der Waals surface area contributed by atoms with Crippen molar-refractivity contribution in [3.8, 4) is 0 Å². The fraction of sp³-hybridized carbons (Fsp3) is 0.900. The molecule has 1 heterocycles. The summed E-state index contributed by atoms with van der Waals surface area (Å²) in [6.45, 7) is 4.94.